The van der Waals surface area contributed by atoms with E-state index in [1.807, 2.05) is 59.5 Å². The van der Waals surface area contributed by atoms with Gasteiger partial charge in [0.2, 0.25) is 0 Å². The van der Waals surface area contributed by atoms with E-state index < -0.39 is 18.0 Å². The molecule has 0 aliphatic carbocycles. The summed E-state index contributed by atoms with van der Waals surface area (Å²) in [4.78, 5) is 26.6. The predicted octanol–water partition coefficient (Wildman–Crippen LogP) is 3.56. The van der Waals surface area contributed by atoms with Gasteiger partial charge in [0, 0.05) is 47.6 Å². The Morgan fingerprint density at radius 2 is 1.62 bits per heavy atom. The van der Waals surface area contributed by atoms with E-state index in [4.69, 9.17) is 0 Å². The molecule has 4 rings (SSSR count). The van der Waals surface area contributed by atoms with Crippen LogP contribution in [-0.4, -0.2) is 56.2 Å². The van der Waals surface area contributed by atoms with Gasteiger partial charge in [0.25, 0.3) is 0 Å². The number of hydrogen-bond acceptors (Lipinski definition) is 4. The van der Waals surface area contributed by atoms with E-state index in [1.54, 1.807) is 16.3 Å². The van der Waals surface area contributed by atoms with Gasteiger partial charge in [0.1, 0.15) is 11.7 Å². The molecule has 7 heteroatoms. The average Bonchev–Trinajstić information content (AvgIpc) is 3.04. The number of aromatic nitrogens is 1. The second-order valence-corrected chi connectivity index (χ2v) is 8.27. The first-order chi connectivity index (χ1) is 14.1. The normalized spacial score (nSPS) is 16.0. The zero-order valence-corrected chi connectivity index (χ0v) is 16.6. The van der Waals surface area contributed by atoms with E-state index in [9.17, 15) is 19.8 Å². The van der Waals surface area contributed by atoms with Crippen molar-refractivity contribution in [3.63, 3.8) is 0 Å². The Morgan fingerprint density at radius 1 is 0.966 bits per heavy atom. The summed E-state index contributed by atoms with van der Waals surface area (Å²) in [7, 11) is 0. The van der Waals surface area contributed by atoms with Crippen LogP contribution in [-0.2, 0) is 11.3 Å². The van der Waals surface area contributed by atoms with Crippen LogP contribution in [0, 0.1) is 0 Å². The van der Waals surface area contributed by atoms with Crippen LogP contribution in [0.3, 0.4) is 0 Å². The first-order valence-electron chi connectivity index (χ1n) is 9.51. The minimum atomic E-state index is -1.11. The number of aromatic carboxylic acids is 1. The lowest BCUT2D eigenvalue weighted by molar-refractivity contribution is -0.143. The zero-order chi connectivity index (χ0) is 20.4. The predicted molar refractivity (Wildman–Crippen MR) is 114 cm³/mol. The lowest BCUT2D eigenvalue weighted by Gasteiger charge is -2.32. The van der Waals surface area contributed by atoms with Gasteiger partial charge in [0.05, 0.1) is 0 Å². The second-order valence-electron chi connectivity index (χ2n) is 7.05. The molecule has 0 amide bonds. The summed E-state index contributed by atoms with van der Waals surface area (Å²) < 4.78 is 1.73. The Labute approximate surface area is 172 Å². The average molecular weight is 410 g/mol. The van der Waals surface area contributed by atoms with Crippen LogP contribution in [0.2, 0.25) is 0 Å². The fourth-order valence-corrected chi connectivity index (χ4v) is 5.00. The number of carboxylic acids is 2. The van der Waals surface area contributed by atoms with Crippen LogP contribution < -0.4 is 0 Å². The third-order valence-corrected chi connectivity index (χ3v) is 6.26. The van der Waals surface area contributed by atoms with Gasteiger partial charge in [-0.05, 0) is 11.6 Å². The third kappa shape index (κ3) is 3.75. The van der Waals surface area contributed by atoms with Crippen molar-refractivity contribution in [3.8, 4) is 0 Å². The van der Waals surface area contributed by atoms with E-state index in [2.05, 4.69) is 0 Å². The van der Waals surface area contributed by atoms with E-state index in [-0.39, 0.29) is 5.69 Å². The van der Waals surface area contributed by atoms with E-state index in [0.29, 0.717) is 30.6 Å². The number of hydrogen-bond donors (Lipinski definition) is 2. The molecule has 1 aliphatic rings. The summed E-state index contributed by atoms with van der Waals surface area (Å²) in [5.74, 6) is -0.435. The van der Waals surface area contributed by atoms with Crippen LogP contribution in [0.1, 0.15) is 27.7 Å². The summed E-state index contributed by atoms with van der Waals surface area (Å²) in [6.45, 7) is 1.61. The monoisotopic (exact) mass is 410 g/mol. The summed E-state index contributed by atoms with van der Waals surface area (Å²) >= 11 is 1.79. The highest BCUT2D eigenvalue weighted by molar-refractivity contribution is 7.99. The number of carboxylic acid groups (broad SMARTS) is 2. The molecule has 3 aromatic rings. The summed E-state index contributed by atoms with van der Waals surface area (Å²) in [6, 6.07) is 16.0. The number of thioether (sulfide) groups is 1. The SMILES string of the molecule is O=C(O)c1c([C@H](C(=O)O)N2CCSCC2)c2ccccc2n1Cc1ccccc1. The number of benzene rings is 2. The first kappa shape index (κ1) is 19.5. The Bertz CT molecular complexity index is 1040. The standard InChI is InChI=1S/C22H22N2O4S/c25-21(26)19(23-10-12-29-13-11-23)18-16-8-4-5-9-17(16)24(20(18)22(27)28)14-15-6-2-1-3-7-15/h1-9,19H,10-14H2,(H,25,26)(H,27,28)/t19-/m1/s1. The van der Waals surface area contributed by atoms with Crippen molar-refractivity contribution in [2.75, 3.05) is 24.6 Å². The maximum atomic E-state index is 12.4. The largest absolute Gasteiger partial charge is 0.480 e. The van der Waals surface area contributed by atoms with Crippen LogP contribution in [0.25, 0.3) is 10.9 Å². The second kappa shape index (κ2) is 8.31. The van der Waals surface area contributed by atoms with Crippen molar-refractivity contribution in [2.45, 2.75) is 12.6 Å². The van der Waals surface area contributed by atoms with Gasteiger partial charge in [-0.1, -0.05) is 48.5 Å². The van der Waals surface area contributed by atoms with Crippen molar-refractivity contribution in [2.24, 2.45) is 0 Å². The van der Waals surface area contributed by atoms with Gasteiger partial charge in [-0.25, -0.2) is 4.79 Å². The maximum absolute atomic E-state index is 12.4. The van der Waals surface area contributed by atoms with Gasteiger partial charge in [-0.15, -0.1) is 0 Å². The highest BCUT2D eigenvalue weighted by atomic mass is 32.2. The van der Waals surface area contributed by atoms with Crippen LogP contribution >= 0.6 is 11.8 Å². The molecule has 0 bridgehead atoms. The molecule has 1 aliphatic heterocycles. The highest BCUT2D eigenvalue weighted by Crippen LogP contribution is 2.36. The summed E-state index contributed by atoms with van der Waals surface area (Å²) in [5, 5.41) is 20.9. The van der Waals surface area contributed by atoms with Crippen molar-refractivity contribution < 1.29 is 19.8 Å². The van der Waals surface area contributed by atoms with E-state index >= 15 is 0 Å². The third-order valence-electron chi connectivity index (χ3n) is 5.31. The van der Waals surface area contributed by atoms with Gasteiger partial charge in [-0.3, -0.25) is 9.69 Å². The summed E-state index contributed by atoms with van der Waals surface area (Å²) in [6.07, 6.45) is 0. The number of carbonyl (C=O) groups is 2. The Kier molecular flexibility index (Phi) is 5.60. The number of rotatable bonds is 6. The van der Waals surface area contributed by atoms with Crippen LogP contribution in [0.4, 0.5) is 0 Å². The molecule has 6 nitrogen and oxygen atoms in total. The number of aliphatic carboxylic acids is 1. The molecule has 1 fully saturated rings. The minimum Gasteiger partial charge on any atom is -0.480 e. The molecule has 1 aromatic heterocycles. The van der Waals surface area contributed by atoms with Crippen molar-refractivity contribution >= 4 is 34.6 Å². The number of nitrogens with zero attached hydrogens (tertiary/aromatic N) is 2. The highest BCUT2D eigenvalue weighted by Gasteiger charge is 2.36. The smallest absolute Gasteiger partial charge is 0.352 e. The molecule has 0 spiro atoms. The van der Waals surface area contributed by atoms with Gasteiger partial charge in [-0.2, -0.15) is 11.8 Å². The van der Waals surface area contributed by atoms with Crippen LogP contribution in [0.5, 0.6) is 0 Å². The van der Waals surface area contributed by atoms with Gasteiger partial charge < -0.3 is 14.8 Å². The Morgan fingerprint density at radius 3 is 2.28 bits per heavy atom. The zero-order valence-electron chi connectivity index (χ0n) is 15.8. The molecule has 0 saturated carbocycles. The van der Waals surface area contributed by atoms with Crippen molar-refractivity contribution in [3.05, 3.63) is 71.4 Å². The molecule has 150 valence electrons. The first-order valence-corrected chi connectivity index (χ1v) is 10.7. The minimum absolute atomic E-state index is 0.0562. The lowest BCUT2D eigenvalue weighted by atomic mass is 10.0. The molecule has 2 aromatic carbocycles. The molecule has 2 heterocycles. The molecular weight excluding hydrogens is 388 g/mol. The van der Waals surface area contributed by atoms with Gasteiger partial charge in [0.15, 0.2) is 0 Å². The van der Waals surface area contributed by atoms with Crippen molar-refractivity contribution in [1.29, 1.82) is 0 Å². The molecular formula is C22H22N2O4S. The fraction of sp³-hybridized carbons (Fsp3) is 0.273. The molecule has 1 atom stereocenters. The van der Waals surface area contributed by atoms with Crippen molar-refractivity contribution in [1.82, 2.24) is 9.47 Å². The molecule has 0 radical (unpaired) electrons. The molecule has 2 N–H and O–H groups in total. The quantitative estimate of drug-likeness (QED) is 0.647. The molecule has 0 unspecified atom stereocenters. The summed E-state index contributed by atoms with van der Waals surface area (Å²) in [5.41, 5.74) is 2.13. The molecule has 29 heavy (non-hydrogen) atoms. The molecule has 1 saturated heterocycles. The van der Waals surface area contributed by atoms with Gasteiger partial charge >= 0.3 is 11.9 Å². The van der Waals surface area contributed by atoms with E-state index in [1.165, 1.54) is 0 Å². The Balaban J connectivity index is 1.94. The topological polar surface area (TPSA) is 82.8 Å². The lowest BCUT2D eigenvalue weighted by Crippen LogP contribution is -2.40. The Hall–Kier alpha value is -2.77. The van der Waals surface area contributed by atoms with Crippen LogP contribution in [0.15, 0.2) is 54.6 Å². The fourth-order valence-electron chi connectivity index (χ4n) is 4.07. The number of fused-ring (bicyclic) bond motifs is 1. The van der Waals surface area contributed by atoms with E-state index in [0.717, 1.165) is 22.6 Å². The number of para-hydroxylation sites is 1. The maximum Gasteiger partial charge on any atom is 0.352 e.